The zero-order valence-electron chi connectivity index (χ0n) is 29.1. The largest absolute Gasteiger partial charge is 0.296 e. The Morgan fingerprint density at radius 2 is 1.08 bits per heavy atom. The van der Waals surface area contributed by atoms with Gasteiger partial charge in [0, 0.05) is 45.0 Å². The summed E-state index contributed by atoms with van der Waals surface area (Å²) in [6.45, 7) is 2.17. The Hall–Kier alpha value is -6.98. The van der Waals surface area contributed by atoms with Crippen LogP contribution in [0, 0.1) is 0 Å². The van der Waals surface area contributed by atoms with Crippen LogP contribution in [0.1, 0.15) is 12.7 Å². The third-order valence-corrected chi connectivity index (χ3v) is 10.2. The first-order valence-corrected chi connectivity index (χ1v) is 18.0. The Morgan fingerprint density at radius 3 is 1.85 bits per heavy atom. The van der Waals surface area contributed by atoms with Crippen molar-refractivity contribution in [3.8, 4) is 50.7 Å². The highest BCUT2D eigenvalue weighted by Crippen LogP contribution is 2.39. The van der Waals surface area contributed by atoms with Gasteiger partial charge in [-0.05, 0) is 52.9 Å². The number of imidazole rings is 1. The maximum atomic E-state index is 5.32. The standard InChI is InChI=1S/C48H33N5/c1-2-43-51-47-42(53(43)36-18-7-4-8-19-36)29-28-38-37-20-9-11-22-40(37)49-46(44(38)47)32-26-24-31(25-27-32)34-16-13-17-35(30-34)45-39-21-10-12-23-41(39)50-48(52-45)33-14-5-3-6-15-33/h3-30H,2H2,1H3. The maximum Gasteiger partial charge on any atom is 0.160 e. The maximum absolute atomic E-state index is 5.32. The van der Waals surface area contributed by atoms with Crippen molar-refractivity contribution in [2.24, 2.45) is 0 Å². The summed E-state index contributed by atoms with van der Waals surface area (Å²) in [5.41, 5.74) is 12.3. The molecule has 0 saturated heterocycles. The highest BCUT2D eigenvalue weighted by Gasteiger charge is 2.20. The summed E-state index contributed by atoms with van der Waals surface area (Å²) in [7, 11) is 0. The molecule has 0 aliphatic heterocycles. The number of hydrogen-bond acceptors (Lipinski definition) is 4. The predicted octanol–water partition coefficient (Wildman–Crippen LogP) is 11.9. The first-order valence-electron chi connectivity index (χ1n) is 18.0. The lowest BCUT2D eigenvalue weighted by molar-refractivity contribution is 0.908. The second-order valence-corrected chi connectivity index (χ2v) is 13.3. The van der Waals surface area contributed by atoms with Crippen molar-refractivity contribution >= 4 is 43.6 Å². The number of aromatic nitrogens is 5. The fourth-order valence-corrected chi connectivity index (χ4v) is 7.62. The summed E-state index contributed by atoms with van der Waals surface area (Å²) in [6, 6.07) is 59.2. The summed E-state index contributed by atoms with van der Waals surface area (Å²) in [6.07, 6.45) is 0.813. The van der Waals surface area contributed by atoms with Gasteiger partial charge in [0.2, 0.25) is 0 Å². The molecular formula is C48H33N5. The second-order valence-electron chi connectivity index (χ2n) is 13.3. The van der Waals surface area contributed by atoms with Gasteiger partial charge in [-0.3, -0.25) is 4.57 Å². The van der Waals surface area contributed by atoms with E-state index in [-0.39, 0.29) is 0 Å². The fourth-order valence-electron chi connectivity index (χ4n) is 7.62. The molecule has 0 saturated carbocycles. The quantitative estimate of drug-likeness (QED) is 0.164. The van der Waals surface area contributed by atoms with Gasteiger partial charge in [-0.1, -0.05) is 140 Å². The van der Waals surface area contributed by atoms with Gasteiger partial charge in [0.25, 0.3) is 0 Å². The first-order chi connectivity index (χ1) is 26.2. The van der Waals surface area contributed by atoms with Crippen molar-refractivity contribution in [2.45, 2.75) is 13.3 Å². The molecule has 3 aromatic heterocycles. The molecule has 0 atom stereocenters. The molecule has 0 N–H and O–H groups in total. The van der Waals surface area contributed by atoms with Crippen molar-refractivity contribution in [1.82, 2.24) is 24.5 Å². The van der Waals surface area contributed by atoms with Crippen LogP contribution in [0.4, 0.5) is 0 Å². The molecule has 7 aromatic carbocycles. The number of benzene rings is 7. The van der Waals surface area contributed by atoms with Crippen LogP contribution in [-0.2, 0) is 6.42 Å². The van der Waals surface area contributed by atoms with E-state index in [2.05, 4.69) is 151 Å². The van der Waals surface area contributed by atoms with Crippen molar-refractivity contribution < 1.29 is 0 Å². The van der Waals surface area contributed by atoms with Crippen LogP contribution < -0.4 is 0 Å². The van der Waals surface area contributed by atoms with Gasteiger partial charge in [-0.2, -0.15) is 0 Å². The van der Waals surface area contributed by atoms with Crippen LogP contribution in [0.3, 0.4) is 0 Å². The zero-order chi connectivity index (χ0) is 35.3. The molecule has 0 aliphatic rings. The Kier molecular flexibility index (Phi) is 7.36. The lowest BCUT2D eigenvalue weighted by atomic mass is 9.96. The van der Waals surface area contributed by atoms with Crippen LogP contribution in [0.5, 0.6) is 0 Å². The smallest absolute Gasteiger partial charge is 0.160 e. The Balaban J connectivity index is 1.11. The number of rotatable bonds is 6. The predicted molar refractivity (Wildman–Crippen MR) is 218 cm³/mol. The third kappa shape index (κ3) is 5.25. The lowest BCUT2D eigenvalue weighted by Gasteiger charge is -2.13. The molecule has 53 heavy (non-hydrogen) atoms. The minimum atomic E-state index is 0.720. The fraction of sp³-hybridized carbons (Fsp3) is 0.0417. The average molecular weight is 680 g/mol. The van der Waals surface area contributed by atoms with Crippen LogP contribution >= 0.6 is 0 Å². The Morgan fingerprint density at radius 1 is 0.434 bits per heavy atom. The van der Waals surface area contributed by atoms with Gasteiger partial charge in [0.15, 0.2) is 5.82 Å². The molecule has 0 unspecified atom stereocenters. The molecule has 0 fully saturated rings. The van der Waals surface area contributed by atoms with E-state index >= 15 is 0 Å². The normalized spacial score (nSPS) is 11.6. The van der Waals surface area contributed by atoms with Gasteiger partial charge < -0.3 is 0 Å². The lowest BCUT2D eigenvalue weighted by Crippen LogP contribution is -1.99. The summed E-state index contributed by atoms with van der Waals surface area (Å²) >= 11 is 0. The molecular weight excluding hydrogens is 647 g/mol. The van der Waals surface area contributed by atoms with Gasteiger partial charge in [0.05, 0.1) is 33.5 Å². The van der Waals surface area contributed by atoms with Crippen molar-refractivity contribution in [2.75, 3.05) is 0 Å². The highest BCUT2D eigenvalue weighted by atomic mass is 15.1. The molecule has 10 aromatic rings. The summed E-state index contributed by atoms with van der Waals surface area (Å²) in [4.78, 5) is 20.6. The van der Waals surface area contributed by atoms with Crippen LogP contribution in [0.15, 0.2) is 170 Å². The van der Waals surface area contributed by atoms with Gasteiger partial charge in [-0.15, -0.1) is 0 Å². The summed E-state index contributed by atoms with van der Waals surface area (Å²) in [5, 5.41) is 4.38. The van der Waals surface area contributed by atoms with Gasteiger partial charge in [-0.25, -0.2) is 19.9 Å². The minimum Gasteiger partial charge on any atom is -0.296 e. The first kappa shape index (κ1) is 30.8. The van der Waals surface area contributed by atoms with Crippen LogP contribution in [0.25, 0.3) is 94.3 Å². The zero-order valence-corrected chi connectivity index (χ0v) is 29.1. The molecule has 3 heterocycles. The molecule has 10 rings (SSSR count). The van der Waals surface area contributed by atoms with E-state index in [1.165, 1.54) is 0 Å². The topological polar surface area (TPSA) is 56.5 Å². The Bertz CT molecular complexity index is 2970. The molecule has 250 valence electrons. The Labute approximate surface area is 306 Å². The van der Waals surface area contributed by atoms with Gasteiger partial charge >= 0.3 is 0 Å². The van der Waals surface area contributed by atoms with Gasteiger partial charge in [0.1, 0.15) is 5.82 Å². The van der Waals surface area contributed by atoms with E-state index in [0.717, 1.165) is 107 Å². The molecule has 0 bridgehead atoms. The average Bonchev–Trinajstić information content (AvgIpc) is 3.63. The number of fused-ring (bicyclic) bond motifs is 6. The van der Waals surface area contributed by atoms with E-state index in [0.29, 0.717) is 0 Å². The molecule has 5 nitrogen and oxygen atoms in total. The number of nitrogens with zero attached hydrogens (tertiary/aromatic N) is 5. The molecule has 5 heteroatoms. The number of aryl methyl sites for hydroxylation is 1. The van der Waals surface area contributed by atoms with Crippen LogP contribution in [0.2, 0.25) is 0 Å². The van der Waals surface area contributed by atoms with E-state index < -0.39 is 0 Å². The van der Waals surface area contributed by atoms with E-state index in [9.17, 15) is 0 Å². The summed E-state index contributed by atoms with van der Waals surface area (Å²) in [5.74, 6) is 1.75. The molecule has 0 radical (unpaired) electrons. The molecule has 0 aliphatic carbocycles. The summed E-state index contributed by atoms with van der Waals surface area (Å²) < 4.78 is 2.29. The number of pyridine rings is 1. The monoisotopic (exact) mass is 679 g/mol. The second kappa shape index (κ2) is 12.7. The van der Waals surface area contributed by atoms with Crippen molar-refractivity contribution in [1.29, 1.82) is 0 Å². The van der Waals surface area contributed by atoms with Crippen molar-refractivity contribution in [3.63, 3.8) is 0 Å². The molecule has 0 amide bonds. The van der Waals surface area contributed by atoms with E-state index in [4.69, 9.17) is 19.9 Å². The SMILES string of the molecule is CCc1nc2c3c(-c4ccc(-c5cccc(-c6nc(-c7ccccc7)nc7ccccc67)c5)cc4)nc4ccccc4c3ccc2n1-c1ccccc1. The number of para-hydroxylation sites is 3. The van der Waals surface area contributed by atoms with E-state index in [1.54, 1.807) is 0 Å². The van der Waals surface area contributed by atoms with Crippen molar-refractivity contribution in [3.05, 3.63) is 176 Å². The molecule has 0 spiro atoms. The van der Waals surface area contributed by atoms with E-state index in [1.807, 2.05) is 30.3 Å². The number of hydrogen-bond donors (Lipinski definition) is 0. The highest BCUT2D eigenvalue weighted by molar-refractivity contribution is 6.20. The minimum absolute atomic E-state index is 0.720. The van der Waals surface area contributed by atoms with Crippen LogP contribution in [-0.4, -0.2) is 24.5 Å². The third-order valence-electron chi connectivity index (χ3n) is 10.2.